The summed E-state index contributed by atoms with van der Waals surface area (Å²) in [6.45, 7) is 5.74. The van der Waals surface area contributed by atoms with Gasteiger partial charge in [-0.3, -0.25) is 9.59 Å². The minimum Gasteiger partial charge on any atom is -0.325 e. The lowest BCUT2D eigenvalue weighted by Crippen LogP contribution is -2.23. The van der Waals surface area contributed by atoms with Gasteiger partial charge in [-0.25, -0.2) is 4.98 Å². The van der Waals surface area contributed by atoms with Crippen LogP contribution < -0.4 is 10.9 Å². The Morgan fingerprint density at radius 1 is 1.33 bits per heavy atom. The quantitative estimate of drug-likeness (QED) is 0.672. The van der Waals surface area contributed by atoms with Gasteiger partial charge in [-0.1, -0.05) is 29.5 Å². The van der Waals surface area contributed by atoms with Gasteiger partial charge in [0.2, 0.25) is 5.91 Å². The van der Waals surface area contributed by atoms with E-state index in [0.29, 0.717) is 5.16 Å². The number of nitrogens with zero attached hydrogens (tertiary/aromatic N) is 1. The van der Waals surface area contributed by atoms with Gasteiger partial charge in [-0.05, 0) is 32.4 Å². The predicted molar refractivity (Wildman–Crippen MR) is 84.7 cm³/mol. The first-order chi connectivity index (χ1) is 9.95. The highest BCUT2D eigenvalue weighted by Gasteiger charge is 2.16. The Morgan fingerprint density at radius 3 is 2.76 bits per heavy atom. The molecule has 21 heavy (non-hydrogen) atoms. The van der Waals surface area contributed by atoms with Crippen LogP contribution in [0, 0.1) is 13.8 Å². The van der Waals surface area contributed by atoms with Crippen LogP contribution in [-0.2, 0) is 4.79 Å². The molecule has 1 amide bonds. The van der Waals surface area contributed by atoms with E-state index in [4.69, 9.17) is 0 Å². The van der Waals surface area contributed by atoms with Crippen LogP contribution in [0.3, 0.4) is 0 Å². The maximum absolute atomic E-state index is 12.2. The molecule has 2 rings (SSSR count). The Bertz CT molecular complexity index is 712. The Hall–Kier alpha value is -2.08. The number of hydrogen-bond donors (Lipinski definition) is 2. The number of benzene rings is 1. The summed E-state index contributed by atoms with van der Waals surface area (Å²) in [4.78, 5) is 30.0. The second-order valence-electron chi connectivity index (χ2n) is 4.81. The molecule has 0 aliphatic rings. The molecule has 1 atom stereocenters. The molecule has 1 aromatic heterocycles. The number of carbonyl (C=O) groups excluding carboxylic acids is 1. The van der Waals surface area contributed by atoms with E-state index in [2.05, 4.69) is 15.3 Å². The summed E-state index contributed by atoms with van der Waals surface area (Å²) in [5.41, 5.74) is 2.74. The highest BCUT2D eigenvalue weighted by Crippen LogP contribution is 2.21. The molecule has 110 valence electrons. The number of hydrogen-bond acceptors (Lipinski definition) is 4. The molecule has 2 aromatic rings. The van der Waals surface area contributed by atoms with E-state index in [1.54, 1.807) is 6.92 Å². The zero-order valence-corrected chi connectivity index (χ0v) is 13.0. The first kappa shape index (κ1) is 15.3. The summed E-state index contributed by atoms with van der Waals surface area (Å²) < 4.78 is 0. The van der Waals surface area contributed by atoms with Crippen LogP contribution in [0.5, 0.6) is 0 Å². The van der Waals surface area contributed by atoms with Crippen LogP contribution in [0.1, 0.15) is 18.1 Å². The minimum atomic E-state index is -0.365. The zero-order valence-electron chi connectivity index (χ0n) is 12.1. The molecule has 0 bridgehead atoms. The lowest BCUT2D eigenvalue weighted by Gasteiger charge is -2.13. The van der Waals surface area contributed by atoms with Crippen LogP contribution >= 0.6 is 11.8 Å². The van der Waals surface area contributed by atoms with Crippen LogP contribution in [0.2, 0.25) is 0 Å². The molecule has 0 saturated heterocycles. The van der Waals surface area contributed by atoms with Crippen LogP contribution in [0.4, 0.5) is 5.69 Å². The molecule has 6 heteroatoms. The third-order valence-electron chi connectivity index (χ3n) is 2.95. The van der Waals surface area contributed by atoms with Gasteiger partial charge in [0.05, 0.1) is 5.25 Å². The average Bonchev–Trinajstić information content (AvgIpc) is 2.41. The van der Waals surface area contributed by atoms with Gasteiger partial charge >= 0.3 is 0 Å². The number of aryl methyl sites for hydroxylation is 2. The van der Waals surface area contributed by atoms with Gasteiger partial charge in [-0.2, -0.15) is 0 Å². The van der Waals surface area contributed by atoms with Gasteiger partial charge in [0, 0.05) is 18.0 Å². The Kier molecular flexibility index (Phi) is 4.80. The predicted octanol–water partition coefficient (Wildman–Crippen LogP) is 2.51. The minimum absolute atomic E-state index is 0.126. The largest absolute Gasteiger partial charge is 0.325 e. The monoisotopic (exact) mass is 303 g/mol. The normalized spacial score (nSPS) is 12.0. The molecule has 1 unspecified atom stereocenters. The fraction of sp³-hybridized carbons (Fsp3) is 0.267. The molecule has 1 aromatic carbocycles. The second kappa shape index (κ2) is 6.58. The van der Waals surface area contributed by atoms with Crippen molar-refractivity contribution in [3.8, 4) is 0 Å². The number of aromatic nitrogens is 2. The Morgan fingerprint density at radius 2 is 2.10 bits per heavy atom. The molecule has 0 saturated carbocycles. The van der Waals surface area contributed by atoms with Crippen molar-refractivity contribution in [2.75, 3.05) is 5.32 Å². The smallest absolute Gasteiger partial charge is 0.251 e. The maximum atomic E-state index is 12.2. The standard InChI is InChI=1S/C15H17N3O2S/c1-9-4-5-12(10(2)8-9)17-14(20)11(3)21-15-16-7-6-13(19)18-15/h4-8,11H,1-3H3,(H,17,20)(H,16,18,19). The highest BCUT2D eigenvalue weighted by molar-refractivity contribution is 8.00. The SMILES string of the molecule is Cc1ccc(NC(=O)C(C)Sc2nccc(=O)[nH]2)c(C)c1. The van der Waals surface area contributed by atoms with Crippen LogP contribution in [0.25, 0.3) is 0 Å². The first-order valence-corrected chi connectivity index (χ1v) is 7.44. The molecule has 0 aliphatic heterocycles. The zero-order chi connectivity index (χ0) is 15.4. The van der Waals surface area contributed by atoms with E-state index < -0.39 is 0 Å². The second-order valence-corrected chi connectivity index (χ2v) is 6.14. The topological polar surface area (TPSA) is 74.8 Å². The molecule has 0 aliphatic carbocycles. The Balaban J connectivity index is 2.04. The van der Waals surface area contributed by atoms with E-state index in [1.807, 2.05) is 32.0 Å². The van der Waals surface area contributed by atoms with Crippen molar-refractivity contribution in [3.05, 3.63) is 51.9 Å². The van der Waals surface area contributed by atoms with Gasteiger partial charge in [0.15, 0.2) is 5.16 Å². The first-order valence-electron chi connectivity index (χ1n) is 6.56. The van der Waals surface area contributed by atoms with Crippen LogP contribution in [0.15, 0.2) is 40.4 Å². The highest BCUT2D eigenvalue weighted by atomic mass is 32.2. The lowest BCUT2D eigenvalue weighted by molar-refractivity contribution is -0.115. The van der Waals surface area contributed by atoms with Crippen molar-refractivity contribution in [2.45, 2.75) is 31.2 Å². The fourth-order valence-electron chi connectivity index (χ4n) is 1.82. The number of nitrogens with one attached hydrogen (secondary N) is 2. The van der Waals surface area contributed by atoms with Crippen molar-refractivity contribution in [3.63, 3.8) is 0 Å². The maximum Gasteiger partial charge on any atom is 0.251 e. The molecular formula is C15H17N3O2S. The van der Waals surface area contributed by atoms with Crippen molar-refractivity contribution in [1.29, 1.82) is 0 Å². The van der Waals surface area contributed by atoms with Crippen molar-refractivity contribution in [1.82, 2.24) is 9.97 Å². The van der Waals surface area contributed by atoms with Gasteiger partial charge in [0.1, 0.15) is 0 Å². The molecule has 0 fully saturated rings. The van der Waals surface area contributed by atoms with Crippen LogP contribution in [-0.4, -0.2) is 21.1 Å². The van der Waals surface area contributed by atoms with Crippen molar-refractivity contribution < 1.29 is 4.79 Å². The average molecular weight is 303 g/mol. The van der Waals surface area contributed by atoms with E-state index in [1.165, 1.54) is 24.0 Å². The van der Waals surface area contributed by atoms with E-state index in [9.17, 15) is 9.59 Å². The Labute approximate surface area is 127 Å². The van der Waals surface area contributed by atoms with Crippen molar-refractivity contribution >= 4 is 23.4 Å². The van der Waals surface area contributed by atoms with E-state index in [-0.39, 0.29) is 16.7 Å². The number of amides is 1. The summed E-state index contributed by atoms with van der Waals surface area (Å²) in [5, 5.41) is 2.96. The number of thioether (sulfide) groups is 1. The summed E-state index contributed by atoms with van der Waals surface area (Å²) in [6.07, 6.45) is 1.43. The lowest BCUT2D eigenvalue weighted by atomic mass is 10.1. The fourth-order valence-corrected chi connectivity index (χ4v) is 2.60. The summed E-state index contributed by atoms with van der Waals surface area (Å²) in [6, 6.07) is 7.20. The van der Waals surface area contributed by atoms with Gasteiger partial charge in [-0.15, -0.1) is 0 Å². The van der Waals surface area contributed by atoms with Gasteiger partial charge in [0.25, 0.3) is 5.56 Å². The molecule has 2 N–H and O–H groups in total. The number of anilines is 1. The summed E-state index contributed by atoms with van der Waals surface area (Å²) >= 11 is 1.22. The van der Waals surface area contributed by atoms with E-state index >= 15 is 0 Å². The molecule has 5 nitrogen and oxygen atoms in total. The van der Waals surface area contributed by atoms with E-state index in [0.717, 1.165) is 16.8 Å². The number of rotatable bonds is 4. The molecule has 1 heterocycles. The summed E-state index contributed by atoms with van der Waals surface area (Å²) in [5.74, 6) is -0.126. The number of aromatic amines is 1. The summed E-state index contributed by atoms with van der Waals surface area (Å²) in [7, 11) is 0. The van der Waals surface area contributed by atoms with Gasteiger partial charge < -0.3 is 10.3 Å². The molecule has 0 spiro atoms. The third-order valence-corrected chi connectivity index (χ3v) is 3.94. The number of H-pyrrole nitrogens is 1. The molecule has 0 radical (unpaired) electrons. The molecular weight excluding hydrogens is 286 g/mol. The third kappa shape index (κ3) is 4.19. The van der Waals surface area contributed by atoms with Crippen molar-refractivity contribution in [2.24, 2.45) is 0 Å². The number of carbonyl (C=O) groups is 1.